The average molecular weight is 257 g/mol. The van der Waals surface area contributed by atoms with Gasteiger partial charge in [-0.05, 0) is 30.2 Å². The van der Waals surface area contributed by atoms with Gasteiger partial charge in [0, 0.05) is 10.4 Å². The second-order valence-electron chi connectivity index (χ2n) is 3.39. The van der Waals surface area contributed by atoms with Crippen molar-refractivity contribution in [1.29, 1.82) is 0 Å². The van der Waals surface area contributed by atoms with E-state index in [0.717, 1.165) is 16.5 Å². The van der Waals surface area contributed by atoms with Crippen molar-refractivity contribution in [3.05, 3.63) is 40.1 Å². The Kier molecular flexibility index (Phi) is 4.33. The molecule has 2 heteroatoms. The standard InChI is InChI=1S/C12H14BrF/c1-3-9(2)12(14)8-10-4-6-11(13)7-5-10/h4-9H,3H2,1-2H3/b12-8-/t9-/m1/s1. The molecule has 0 aromatic heterocycles. The SMILES string of the molecule is CC[C@@H](C)/C(F)=C/c1ccc(Br)cc1. The van der Waals surface area contributed by atoms with E-state index in [9.17, 15) is 4.39 Å². The quantitative estimate of drug-likeness (QED) is 0.729. The van der Waals surface area contributed by atoms with Crippen LogP contribution in [-0.4, -0.2) is 0 Å². The fourth-order valence-electron chi connectivity index (χ4n) is 1.06. The highest BCUT2D eigenvalue weighted by atomic mass is 79.9. The van der Waals surface area contributed by atoms with Crippen LogP contribution in [0, 0.1) is 5.92 Å². The molecule has 0 N–H and O–H groups in total. The second kappa shape index (κ2) is 5.30. The molecule has 76 valence electrons. The van der Waals surface area contributed by atoms with Gasteiger partial charge in [-0.15, -0.1) is 0 Å². The number of hydrogen-bond donors (Lipinski definition) is 0. The predicted octanol–water partition coefficient (Wildman–Crippen LogP) is 4.81. The lowest BCUT2D eigenvalue weighted by Crippen LogP contribution is -1.91. The summed E-state index contributed by atoms with van der Waals surface area (Å²) >= 11 is 3.34. The highest BCUT2D eigenvalue weighted by molar-refractivity contribution is 9.10. The number of benzene rings is 1. The van der Waals surface area contributed by atoms with Crippen molar-refractivity contribution in [2.75, 3.05) is 0 Å². The van der Waals surface area contributed by atoms with E-state index in [1.165, 1.54) is 0 Å². The molecule has 14 heavy (non-hydrogen) atoms. The predicted molar refractivity (Wildman–Crippen MR) is 62.7 cm³/mol. The van der Waals surface area contributed by atoms with Gasteiger partial charge in [0.05, 0.1) is 0 Å². The first kappa shape index (κ1) is 11.4. The Morgan fingerprint density at radius 3 is 2.50 bits per heavy atom. The number of halogens is 2. The van der Waals surface area contributed by atoms with Crippen LogP contribution in [0.4, 0.5) is 4.39 Å². The molecule has 0 spiro atoms. The Morgan fingerprint density at radius 2 is 2.00 bits per heavy atom. The lowest BCUT2D eigenvalue weighted by molar-refractivity contribution is 0.489. The van der Waals surface area contributed by atoms with Gasteiger partial charge in [-0.1, -0.05) is 41.9 Å². The van der Waals surface area contributed by atoms with Crippen LogP contribution in [0.3, 0.4) is 0 Å². The van der Waals surface area contributed by atoms with E-state index < -0.39 is 0 Å². The molecule has 0 fully saturated rings. The van der Waals surface area contributed by atoms with Crippen molar-refractivity contribution in [3.63, 3.8) is 0 Å². The van der Waals surface area contributed by atoms with Crippen LogP contribution in [0.2, 0.25) is 0 Å². The molecule has 0 aliphatic rings. The minimum Gasteiger partial charge on any atom is -0.212 e. The third-order valence-electron chi connectivity index (χ3n) is 2.26. The van der Waals surface area contributed by atoms with Gasteiger partial charge >= 0.3 is 0 Å². The molecule has 1 atom stereocenters. The summed E-state index contributed by atoms with van der Waals surface area (Å²) in [6, 6.07) is 7.61. The van der Waals surface area contributed by atoms with Crippen LogP contribution >= 0.6 is 15.9 Å². The molecule has 1 rings (SSSR count). The average Bonchev–Trinajstić information content (AvgIpc) is 2.20. The van der Waals surface area contributed by atoms with Gasteiger partial charge in [-0.2, -0.15) is 0 Å². The molecule has 0 bridgehead atoms. The fraction of sp³-hybridized carbons (Fsp3) is 0.333. The maximum atomic E-state index is 13.4. The summed E-state index contributed by atoms with van der Waals surface area (Å²) in [5.74, 6) is -0.0338. The Balaban J connectivity index is 2.81. The zero-order valence-corrected chi connectivity index (χ0v) is 10.0. The molecule has 0 aliphatic heterocycles. The van der Waals surface area contributed by atoms with Gasteiger partial charge in [0.1, 0.15) is 5.83 Å². The van der Waals surface area contributed by atoms with Gasteiger partial charge in [0.25, 0.3) is 0 Å². The van der Waals surface area contributed by atoms with Gasteiger partial charge in [-0.25, -0.2) is 4.39 Å². The molecule has 0 unspecified atom stereocenters. The molecule has 0 radical (unpaired) electrons. The van der Waals surface area contributed by atoms with E-state index in [4.69, 9.17) is 0 Å². The summed E-state index contributed by atoms with van der Waals surface area (Å²) in [5, 5.41) is 0. The highest BCUT2D eigenvalue weighted by Crippen LogP contribution is 2.20. The van der Waals surface area contributed by atoms with E-state index in [2.05, 4.69) is 15.9 Å². The zero-order chi connectivity index (χ0) is 10.6. The molecule has 0 aliphatic carbocycles. The summed E-state index contributed by atoms with van der Waals surface area (Å²) < 4.78 is 14.4. The lowest BCUT2D eigenvalue weighted by Gasteiger charge is -2.04. The minimum absolute atomic E-state index is 0.0126. The first-order valence-corrected chi connectivity index (χ1v) is 5.55. The van der Waals surface area contributed by atoms with Crippen LogP contribution < -0.4 is 0 Å². The smallest absolute Gasteiger partial charge is 0.103 e. The van der Waals surface area contributed by atoms with E-state index in [1.54, 1.807) is 6.08 Å². The largest absolute Gasteiger partial charge is 0.212 e. The second-order valence-corrected chi connectivity index (χ2v) is 4.31. The summed E-state index contributed by atoms with van der Waals surface area (Å²) in [6.45, 7) is 3.88. The molecule has 0 saturated heterocycles. The fourth-order valence-corrected chi connectivity index (χ4v) is 1.32. The first-order valence-electron chi connectivity index (χ1n) is 4.76. The van der Waals surface area contributed by atoms with Crippen molar-refractivity contribution in [1.82, 2.24) is 0 Å². The molecule has 1 aromatic rings. The van der Waals surface area contributed by atoms with Gasteiger partial charge < -0.3 is 0 Å². The molecule has 0 heterocycles. The molecule has 0 amide bonds. The van der Waals surface area contributed by atoms with Gasteiger partial charge in [0.2, 0.25) is 0 Å². The van der Waals surface area contributed by atoms with Crippen LogP contribution in [0.1, 0.15) is 25.8 Å². The molecule has 0 saturated carbocycles. The highest BCUT2D eigenvalue weighted by Gasteiger charge is 2.04. The Labute approximate surface area is 93.0 Å². The van der Waals surface area contributed by atoms with Gasteiger partial charge in [-0.3, -0.25) is 0 Å². The summed E-state index contributed by atoms with van der Waals surface area (Å²) in [7, 11) is 0. The van der Waals surface area contributed by atoms with Crippen LogP contribution in [0.25, 0.3) is 6.08 Å². The maximum Gasteiger partial charge on any atom is 0.103 e. The first-order chi connectivity index (χ1) is 6.63. The maximum absolute atomic E-state index is 13.4. The molecule has 0 nitrogen and oxygen atoms in total. The van der Waals surface area contributed by atoms with Gasteiger partial charge in [0.15, 0.2) is 0 Å². The van der Waals surface area contributed by atoms with Crippen LogP contribution in [0.15, 0.2) is 34.6 Å². The lowest BCUT2D eigenvalue weighted by atomic mass is 10.1. The van der Waals surface area contributed by atoms with E-state index >= 15 is 0 Å². The van der Waals surface area contributed by atoms with Crippen LogP contribution in [0.5, 0.6) is 0 Å². The Hall–Kier alpha value is -0.630. The number of allylic oxidation sites excluding steroid dienone is 1. The van der Waals surface area contributed by atoms with Crippen molar-refractivity contribution in [2.45, 2.75) is 20.3 Å². The zero-order valence-electron chi connectivity index (χ0n) is 8.43. The number of rotatable bonds is 3. The van der Waals surface area contributed by atoms with E-state index in [0.29, 0.717) is 0 Å². The Morgan fingerprint density at radius 1 is 1.43 bits per heavy atom. The summed E-state index contributed by atoms with van der Waals surface area (Å²) in [6.07, 6.45) is 2.43. The minimum atomic E-state index is -0.0465. The van der Waals surface area contributed by atoms with Crippen LogP contribution in [-0.2, 0) is 0 Å². The van der Waals surface area contributed by atoms with Crippen molar-refractivity contribution in [3.8, 4) is 0 Å². The number of hydrogen-bond acceptors (Lipinski definition) is 0. The van der Waals surface area contributed by atoms with Crippen molar-refractivity contribution < 1.29 is 4.39 Å². The third-order valence-corrected chi connectivity index (χ3v) is 2.79. The topological polar surface area (TPSA) is 0 Å². The van der Waals surface area contributed by atoms with Crippen molar-refractivity contribution >= 4 is 22.0 Å². The molecule has 1 aromatic carbocycles. The summed E-state index contributed by atoms with van der Waals surface area (Å²) in [4.78, 5) is 0. The summed E-state index contributed by atoms with van der Waals surface area (Å²) in [5.41, 5.74) is 0.908. The molecular weight excluding hydrogens is 243 g/mol. The Bertz CT molecular complexity index is 314. The van der Waals surface area contributed by atoms with E-state index in [-0.39, 0.29) is 11.7 Å². The normalized spacial score (nSPS) is 14.1. The monoisotopic (exact) mass is 256 g/mol. The van der Waals surface area contributed by atoms with E-state index in [1.807, 2.05) is 38.1 Å². The third kappa shape index (κ3) is 3.26. The van der Waals surface area contributed by atoms with Crippen molar-refractivity contribution in [2.24, 2.45) is 5.92 Å². The molecular formula is C12H14BrF.